The van der Waals surface area contributed by atoms with E-state index in [0.717, 1.165) is 19.3 Å². The van der Waals surface area contributed by atoms with Gasteiger partial charge in [-0.3, -0.25) is 0 Å². The second-order valence-electron chi connectivity index (χ2n) is 4.23. The third-order valence-corrected chi connectivity index (χ3v) is 3.48. The van der Waals surface area contributed by atoms with Gasteiger partial charge in [0.05, 0.1) is 11.6 Å². The van der Waals surface area contributed by atoms with E-state index < -0.39 is 17.8 Å². The number of rotatable bonds is 2. The van der Waals surface area contributed by atoms with Gasteiger partial charge in [-0.05, 0) is 30.4 Å². The summed E-state index contributed by atoms with van der Waals surface area (Å²) in [6.07, 6.45) is 1.17. The molecule has 2 rings (SSSR count). The maximum atomic E-state index is 12.8. The average Bonchev–Trinajstić information content (AvgIpc) is 2.14. The van der Waals surface area contributed by atoms with E-state index in [9.17, 15) is 13.2 Å². The molecule has 0 radical (unpaired) electrons. The number of hydrogen-bond acceptors (Lipinski definition) is 1. The molecule has 0 amide bonds. The lowest BCUT2D eigenvalue weighted by molar-refractivity contribution is -0.0912. The standard InChI is InChI=1S/C11H13ClF3N/c12-5-8-4-10(11(13,14)15)9(6-16-8)7-2-1-3-7/h4,6-8,16H,1-3,5H2. The maximum Gasteiger partial charge on any atom is 0.416 e. The Bertz CT molecular complexity index is 329. The highest BCUT2D eigenvalue weighted by Gasteiger charge is 2.41. The Balaban J connectivity index is 2.24. The molecule has 1 fully saturated rings. The number of halogens is 4. The molecule has 1 N–H and O–H groups in total. The van der Waals surface area contributed by atoms with Crippen molar-refractivity contribution in [1.29, 1.82) is 0 Å². The van der Waals surface area contributed by atoms with Gasteiger partial charge in [-0.25, -0.2) is 0 Å². The minimum Gasteiger partial charge on any atom is -0.383 e. The number of nitrogens with one attached hydrogen (secondary N) is 1. The zero-order valence-corrected chi connectivity index (χ0v) is 9.41. The lowest BCUT2D eigenvalue weighted by atomic mass is 9.76. The molecule has 1 atom stereocenters. The summed E-state index contributed by atoms with van der Waals surface area (Å²) in [5, 5.41) is 2.90. The summed E-state index contributed by atoms with van der Waals surface area (Å²) in [6, 6.07) is -0.415. The van der Waals surface area contributed by atoms with Crippen molar-refractivity contribution in [2.24, 2.45) is 5.92 Å². The van der Waals surface area contributed by atoms with Crippen LogP contribution in [-0.2, 0) is 0 Å². The van der Waals surface area contributed by atoms with Crippen LogP contribution in [0.1, 0.15) is 19.3 Å². The monoisotopic (exact) mass is 251 g/mol. The van der Waals surface area contributed by atoms with Gasteiger partial charge < -0.3 is 5.32 Å². The van der Waals surface area contributed by atoms with Gasteiger partial charge in [0.25, 0.3) is 0 Å². The average molecular weight is 252 g/mol. The molecule has 0 aromatic heterocycles. The Morgan fingerprint density at radius 2 is 2.06 bits per heavy atom. The summed E-state index contributed by atoms with van der Waals surface area (Å²) in [7, 11) is 0. The smallest absolute Gasteiger partial charge is 0.383 e. The highest BCUT2D eigenvalue weighted by atomic mass is 35.5. The zero-order chi connectivity index (χ0) is 11.8. The second-order valence-corrected chi connectivity index (χ2v) is 4.54. The molecule has 90 valence electrons. The van der Waals surface area contributed by atoms with Gasteiger partial charge in [0.2, 0.25) is 0 Å². The molecule has 16 heavy (non-hydrogen) atoms. The fourth-order valence-corrected chi connectivity index (χ4v) is 2.20. The fourth-order valence-electron chi connectivity index (χ4n) is 2.02. The van der Waals surface area contributed by atoms with Crippen LogP contribution in [0.3, 0.4) is 0 Å². The molecule has 1 aliphatic carbocycles. The molecule has 0 spiro atoms. The fraction of sp³-hybridized carbons (Fsp3) is 0.636. The summed E-state index contributed by atoms with van der Waals surface area (Å²) in [6.45, 7) is 0. The van der Waals surface area contributed by atoms with Crippen molar-refractivity contribution in [3.8, 4) is 0 Å². The summed E-state index contributed by atoms with van der Waals surface area (Å²) >= 11 is 5.57. The van der Waals surface area contributed by atoms with Crippen molar-refractivity contribution in [2.75, 3.05) is 5.88 Å². The number of allylic oxidation sites excluding steroid dienone is 2. The van der Waals surface area contributed by atoms with Crippen molar-refractivity contribution >= 4 is 11.6 Å². The normalized spacial score (nSPS) is 26.6. The summed E-state index contributed by atoms with van der Waals surface area (Å²) in [5.74, 6) is 0.213. The van der Waals surface area contributed by atoms with E-state index in [0.29, 0.717) is 5.57 Å². The molecule has 1 saturated carbocycles. The Hall–Kier alpha value is -0.640. The van der Waals surface area contributed by atoms with Crippen LogP contribution in [0.15, 0.2) is 23.4 Å². The zero-order valence-electron chi connectivity index (χ0n) is 8.65. The van der Waals surface area contributed by atoms with Gasteiger partial charge in [-0.15, -0.1) is 11.6 Å². The summed E-state index contributed by atoms with van der Waals surface area (Å²) in [5.41, 5.74) is -0.0956. The van der Waals surface area contributed by atoms with Gasteiger partial charge in [0, 0.05) is 12.1 Å². The molecule has 1 nitrogen and oxygen atoms in total. The molecule has 0 bridgehead atoms. The van der Waals surface area contributed by atoms with E-state index in [1.54, 1.807) is 0 Å². The number of dihydropyridines is 1. The van der Waals surface area contributed by atoms with E-state index in [4.69, 9.17) is 11.6 Å². The van der Waals surface area contributed by atoms with Crippen molar-refractivity contribution in [3.63, 3.8) is 0 Å². The molecule has 1 unspecified atom stereocenters. The van der Waals surface area contributed by atoms with Gasteiger partial charge in [-0.1, -0.05) is 6.42 Å². The summed E-state index contributed by atoms with van der Waals surface area (Å²) in [4.78, 5) is 0. The van der Waals surface area contributed by atoms with E-state index in [-0.39, 0.29) is 11.8 Å². The second kappa shape index (κ2) is 4.32. The minimum atomic E-state index is -4.27. The predicted molar refractivity (Wildman–Crippen MR) is 57.2 cm³/mol. The van der Waals surface area contributed by atoms with Crippen molar-refractivity contribution in [3.05, 3.63) is 23.4 Å². The maximum absolute atomic E-state index is 12.8. The van der Waals surface area contributed by atoms with Crippen LogP contribution in [0.2, 0.25) is 0 Å². The first kappa shape index (κ1) is 11.8. The molecule has 5 heteroatoms. The molecule has 0 aromatic rings. The third-order valence-electron chi connectivity index (χ3n) is 3.15. The molecular weight excluding hydrogens is 239 g/mol. The van der Waals surface area contributed by atoms with Gasteiger partial charge in [-0.2, -0.15) is 13.2 Å². The highest BCUT2D eigenvalue weighted by Crippen LogP contribution is 2.43. The van der Waals surface area contributed by atoms with Crippen LogP contribution in [0.25, 0.3) is 0 Å². The first-order valence-electron chi connectivity index (χ1n) is 5.34. The van der Waals surface area contributed by atoms with Crippen LogP contribution in [0.5, 0.6) is 0 Å². The van der Waals surface area contributed by atoms with E-state index >= 15 is 0 Å². The van der Waals surface area contributed by atoms with Gasteiger partial charge >= 0.3 is 6.18 Å². The first-order valence-corrected chi connectivity index (χ1v) is 5.87. The molecule has 1 aliphatic heterocycles. The van der Waals surface area contributed by atoms with Crippen LogP contribution in [0.4, 0.5) is 13.2 Å². The Morgan fingerprint density at radius 3 is 2.50 bits per heavy atom. The largest absolute Gasteiger partial charge is 0.416 e. The third kappa shape index (κ3) is 2.21. The summed E-state index contributed by atoms with van der Waals surface area (Å²) < 4.78 is 38.5. The molecular formula is C11H13ClF3N. The topological polar surface area (TPSA) is 12.0 Å². The Labute approximate surface area is 97.3 Å². The van der Waals surface area contributed by atoms with Crippen LogP contribution in [0, 0.1) is 5.92 Å². The van der Waals surface area contributed by atoms with E-state index in [1.165, 1.54) is 12.3 Å². The molecule has 0 aromatic carbocycles. The van der Waals surface area contributed by atoms with Crippen molar-refractivity contribution in [2.45, 2.75) is 31.5 Å². The van der Waals surface area contributed by atoms with E-state index in [2.05, 4.69) is 5.32 Å². The van der Waals surface area contributed by atoms with Crippen molar-refractivity contribution in [1.82, 2.24) is 5.32 Å². The SMILES string of the molecule is FC(F)(F)C1=CC(CCl)NC=C1C1CCC1. The highest BCUT2D eigenvalue weighted by molar-refractivity contribution is 6.18. The van der Waals surface area contributed by atoms with Gasteiger partial charge in [0.1, 0.15) is 0 Å². The van der Waals surface area contributed by atoms with Crippen molar-refractivity contribution < 1.29 is 13.2 Å². The Kier molecular flexibility index (Phi) is 3.19. The van der Waals surface area contributed by atoms with Crippen LogP contribution in [-0.4, -0.2) is 18.1 Å². The molecule has 2 aliphatic rings. The molecule has 1 heterocycles. The molecule has 0 saturated heterocycles. The van der Waals surface area contributed by atoms with E-state index in [1.807, 2.05) is 0 Å². The van der Waals surface area contributed by atoms with Crippen LogP contribution >= 0.6 is 11.6 Å². The van der Waals surface area contributed by atoms with Gasteiger partial charge in [0.15, 0.2) is 0 Å². The van der Waals surface area contributed by atoms with Crippen LogP contribution < -0.4 is 5.32 Å². The minimum absolute atomic E-state index is 0.0663. The Morgan fingerprint density at radius 1 is 1.38 bits per heavy atom. The first-order chi connectivity index (χ1) is 7.52. The number of hydrogen-bond donors (Lipinski definition) is 1. The predicted octanol–water partition coefficient (Wildman–Crippen LogP) is 3.37. The lowest BCUT2D eigenvalue weighted by Gasteiger charge is -2.33. The quantitative estimate of drug-likeness (QED) is 0.742. The lowest BCUT2D eigenvalue weighted by Crippen LogP contribution is -2.34. The number of alkyl halides is 4.